The number of aromatic nitrogens is 1. The summed E-state index contributed by atoms with van der Waals surface area (Å²) in [6, 6.07) is 3.26. The Morgan fingerprint density at radius 1 is 1.40 bits per heavy atom. The van der Waals surface area contributed by atoms with Gasteiger partial charge >= 0.3 is 0 Å². The van der Waals surface area contributed by atoms with Crippen LogP contribution in [0, 0.1) is 0 Å². The molecule has 1 fully saturated rings. The SMILES string of the molecule is [N-]=[N+]=NC1(c2cc(Cl)nc(Cl)c2)COC1. The largest absolute Gasteiger partial charge is 0.379 e. The summed E-state index contributed by atoms with van der Waals surface area (Å²) >= 11 is 11.5. The third-order valence-corrected chi connectivity index (χ3v) is 2.61. The van der Waals surface area contributed by atoms with Gasteiger partial charge < -0.3 is 4.74 Å². The lowest BCUT2D eigenvalue weighted by atomic mass is 9.90. The highest BCUT2D eigenvalue weighted by Crippen LogP contribution is 2.35. The predicted octanol–water partition coefficient (Wildman–Crippen LogP) is 2.92. The maximum atomic E-state index is 8.49. The van der Waals surface area contributed by atoms with Gasteiger partial charge in [-0.05, 0) is 23.2 Å². The van der Waals surface area contributed by atoms with Crippen LogP contribution in [0.1, 0.15) is 5.56 Å². The van der Waals surface area contributed by atoms with Gasteiger partial charge in [0.1, 0.15) is 15.8 Å². The summed E-state index contributed by atoms with van der Waals surface area (Å²) in [5.41, 5.74) is 8.55. The molecule has 0 saturated carbocycles. The lowest BCUT2D eigenvalue weighted by Crippen LogP contribution is -2.44. The van der Waals surface area contributed by atoms with Crippen LogP contribution in [0.2, 0.25) is 10.3 Å². The van der Waals surface area contributed by atoms with Crippen LogP contribution >= 0.6 is 23.2 Å². The van der Waals surface area contributed by atoms with Crippen LogP contribution in [0.25, 0.3) is 10.4 Å². The van der Waals surface area contributed by atoms with E-state index in [0.717, 1.165) is 5.56 Å². The zero-order valence-corrected chi connectivity index (χ0v) is 9.03. The molecular formula is C8H6Cl2N4O. The summed E-state index contributed by atoms with van der Waals surface area (Å²) in [5, 5.41) is 4.27. The van der Waals surface area contributed by atoms with Crippen LogP contribution in [0.5, 0.6) is 0 Å². The van der Waals surface area contributed by atoms with E-state index in [1.807, 2.05) is 0 Å². The maximum Gasteiger partial charge on any atom is 0.131 e. The van der Waals surface area contributed by atoms with Crippen LogP contribution < -0.4 is 0 Å². The molecule has 1 aromatic rings. The Bertz CT molecular complexity index is 420. The molecule has 7 heteroatoms. The minimum Gasteiger partial charge on any atom is -0.379 e. The van der Waals surface area contributed by atoms with Gasteiger partial charge in [-0.1, -0.05) is 28.3 Å². The molecule has 0 aliphatic carbocycles. The second-order valence-corrected chi connectivity index (χ2v) is 3.99. The monoisotopic (exact) mass is 244 g/mol. The summed E-state index contributed by atoms with van der Waals surface area (Å²) < 4.78 is 5.05. The van der Waals surface area contributed by atoms with Crippen LogP contribution in [-0.2, 0) is 10.3 Å². The van der Waals surface area contributed by atoms with E-state index in [1.165, 1.54) is 0 Å². The molecule has 2 heterocycles. The smallest absolute Gasteiger partial charge is 0.131 e. The molecule has 2 rings (SSSR count). The fraction of sp³-hybridized carbons (Fsp3) is 0.375. The fourth-order valence-electron chi connectivity index (χ4n) is 1.40. The molecule has 0 amide bonds. The van der Waals surface area contributed by atoms with Crippen LogP contribution in [0.15, 0.2) is 17.2 Å². The van der Waals surface area contributed by atoms with Crippen LogP contribution in [-0.4, -0.2) is 18.2 Å². The second-order valence-electron chi connectivity index (χ2n) is 3.22. The van der Waals surface area contributed by atoms with Gasteiger partial charge in [0.25, 0.3) is 0 Å². The van der Waals surface area contributed by atoms with Gasteiger partial charge in [0.15, 0.2) is 0 Å². The Balaban J connectivity index is 2.47. The first-order valence-corrected chi connectivity index (χ1v) is 4.89. The number of nitrogens with zero attached hydrogens (tertiary/aromatic N) is 4. The predicted molar refractivity (Wildman–Crippen MR) is 55.9 cm³/mol. The molecule has 0 aromatic carbocycles. The van der Waals surface area contributed by atoms with Crippen molar-refractivity contribution in [1.29, 1.82) is 0 Å². The standard InChI is InChI=1S/C8H6Cl2N4O/c9-6-1-5(2-7(10)12-6)8(13-14-11)3-15-4-8/h1-2H,3-4H2. The Morgan fingerprint density at radius 2 is 2.00 bits per heavy atom. The van der Waals surface area contributed by atoms with E-state index in [9.17, 15) is 0 Å². The van der Waals surface area contributed by atoms with Gasteiger partial charge in [-0.15, -0.1) is 0 Å². The summed E-state index contributed by atoms with van der Waals surface area (Å²) in [5.74, 6) is 0. The molecule has 0 spiro atoms. The lowest BCUT2D eigenvalue weighted by Gasteiger charge is -2.37. The van der Waals surface area contributed by atoms with Crippen molar-refractivity contribution in [2.24, 2.45) is 5.11 Å². The van der Waals surface area contributed by atoms with E-state index in [4.69, 9.17) is 33.5 Å². The Labute approximate surface area is 95.6 Å². The highest BCUT2D eigenvalue weighted by Gasteiger charge is 2.40. The number of hydrogen-bond acceptors (Lipinski definition) is 3. The summed E-state index contributed by atoms with van der Waals surface area (Å²) in [4.78, 5) is 6.63. The van der Waals surface area contributed by atoms with Crippen molar-refractivity contribution in [1.82, 2.24) is 4.98 Å². The van der Waals surface area contributed by atoms with Crippen LogP contribution in [0.3, 0.4) is 0 Å². The molecule has 1 aliphatic heterocycles. The average molecular weight is 245 g/mol. The minimum atomic E-state index is -0.676. The molecular weight excluding hydrogens is 239 g/mol. The molecule has 78 valence electrons. The van der Waals surface area contributed by atoms with Crippen molar-refractivity contribution in [3.8, 4) is 0 Å². The molecule has 1 aromatic heterocycles. The maximum absolute atomic E-state index is 8.49. The average Bonchev–Trinajstić information content (AvgIpc) is 2.09. The molecule has 1 aliphatic rings. The third-order valence-electron chi connectivity index (χ3n) is 2.22. The van der Waals surface area contributed by atoms with E-state index < -0.39 is 5.54 Å². The number of azide groups is 1. The van der Waals surface area contributed by atoms with E-state index in [-0.39, 0.29) is 10.3 Å². The lowest BCUT2D eigenvalue weighted by molar-refractivity contribution is -0.0565. The number of halogens is 2. The minimum absolute atomic E-state index is 0.275. The zero-order chi connectivity index (χ0) is 10.9. The highest BCUT2D eigenvalue weighted by molar-refractivity contribution is 6.32. The Morgan fingerprint density at radius 3 is 2.40 bits per heavy atom. The fourth-order valence-corrected chi connectivity index (χ4v) is 1.86. The van der Waals surface area contributed by atoms with Gasteiger partial charge in [-0.25, -0.2) is 4.98 Å². The van der Waals surface area contributed by atoms with Crippen molar-refractivity contribution >= 4 is 23.2 Å². The van der Waals surface area contributed by atoms with Crippen molar-refractivity contribution in [3.63, 3.8) is 0 Å². The first-order valence-electron chi connectivity index (χ1n) is 4.14. The van der Waals surface area contributed by atoms with E-state index in [0.29, 0.717) is 13.2 Å². The summed E-state index contributed by atoms with van der Waals surface area (Å²) in [6.07, 6.45) is 0. The molecule has 0 radical (unpaired) electrons. The normalized spacial score (nSPS) is 17.7. The Hall–Kier alpha value is -1.00. The molecule has 0 atom stereocenters. The molecule has 0 bridgehead atoms. The molecule has 0 unspecified atom stereocenters. The first kappa shape index (κ1) is 10.5. The number of hydrogen-bond donors (Lipinski definition) is 0. The van der Waals surface area contributed by atoms with E-state index >= 15 is 0 Å². The number of pyridine rings is 1. The van der Waals surface area contributed by atoms with Gasteiger partial charge in [-0.3, -0.25) is 0 Å². The zero-order valence-electron chi connectivity index (χ0n) is 7.52. The molecule has 15 heavy (non-hydrogen) atoms. The van der Waals surface area contributed by atoms with Crippen LogP contribution in [0.4, 0.5) is 0 Å². The van der Waals surface area contributed by atoms with Gasteiger partial charge in [-0.2, -0.15) is 0 Å². The number of ether oxygens (including phenoxy) is 1. The summed E-state index contributed by atoms with van der Waals surface area (Å²) in [7, 11) is 0. The van der Waals surface area contributed by atoms with Gasteiger partial charge in [0, 0.05) is 4.91 Å². The van der Waals surface area contributed by atoms with E-state index in [2.05, 4.69) is 15.0 Å². The third kappa shape index (κ3) is 1.87. The molecule has 5 nitrogen and oxygen atoms in total. The first-order chi connectivity index (χ1) is 7.16. The van der Waals surface area contributed by atoms with Crippen molar-refractivity contribution in [2.45, 2.75) is 5.54 Å². The topological polar surface area (TPSA) is 70.9 Å². The molecule has 1 saturated heterocycles. The molecule has 0 N–H and O–H groups in total. The highest BCUT2D eigenvalue weighted by atomic mass is 35.5. The quantitative estimate of drug-likeness (QED) is 0.347. The van der Waals surface area contributed by atoms with Gasteiger partial charge in [0.2, 0.25) is 0 Å². The van der Waals surface area contributed by atoms with Crippen molar-refractivity contribution in [3.05, 3.63) is 38.4 Å². The Kier molecular flexibility index (Phi) is 2.71. The van der Waals surface area contributed by atoms with Crippen molar-refractivity contribution in [2.75, 3.05) is 13.2 Å². The number of rotatable bonds is 2. The second kappa shape index (κ2) is 3.87. The van der Waals surface area contributed by atoms with Gasteiger partial charge in [0.05, 0.1) is 13.2 Å². The van der Waals surface area contributed by atoms with Crippen molar-refractivity contribution < 1.29 is 4.74 Å². The van der Waals surface area contributed by atoms with E-state index in [1.54, 1.807) is 12.1 Å². The summed E-state index contributed by atoms with van der Waals surface area (Å²) in [6.45, 7) is 0.682.